The fourth-order valence-corrected chi connectivity index (χ4v) is 8.80. The lowest BCUT2D eigenvalue weighted by Crippen LogP contribution is -1.94. The van der Waals surface area contributed by atoms with Crippen LogP contribution in [0.2, 0.25) is 0 Å². The van der Waals surface area contributed by atoms with Crippen LogP contribution in [0, 0.1) is 0 Å². The highest BCUT2D eigenvalue weighted by atomic mass is 32.1. The van der Waals surface area contributed by atoms with Gasteiger partial charge in [0.25, 0.3) is 0 Å². The zero-order valence-electron chi connectivity index (χ0n) is 24.3. The number of hydrogen-bond acceptors (Lipinski definition) is 1. The Kier molecular flexibility index (Phi) is 5.19. The van der Waals surface area contributed by atoms with Crippen molar-refractivity contribution in [2.75, 3.05) is 0 Å². The molecule has 0 spiro atoms. The maximum absolute atomic E-state index is 2.50. The molecule has 10 aromatic rings. The summed E-state index contributed by atoms with van der Waals surface area (Å²) in [5.41, 5.74) is 9.86. The molecule has 0 N–H and O–H groups in total. The lowest BCUT2D eigenvalue weighted by atomic mass is 10.0. The molecular weight excluding hydrogens is 565 g/mol. The molecule has 0 saturated carbocycles. The highest BCUT2D eigenvalue weighted by molar-refractivity contribution is 7.26. The molecule has 210 valence electrons. The molecule has 3 heterocycles. The normalized spacial score (nSPS) is 12.0. The van der Waals surface area contributed by atoms with Crippen molar-refractivity contribution in [1.29, 1.82) is 0 Å². The molecule has 0 atom stereocenters. The Morgan fingerprint density at radius 1 is 0.356 bits per heavy atom. The van der Waals surface area contributed by atoms with E-state index >= 15 is 0 Å². The minimum atomic E-state index is 1.18. The first-order chi connectivity index (χ1) is 22.4. The van der Waals surface area contributed by atoms with Crippen molar-refractivity contribution < 1.29 is 0 Å². The number of thiophene rings is 1. The van der Waals surface area contributed by atoms with Crippen LogP contribution in [0.5, 0.6) is 0 Å². The van der Waals surface area contributed by atoms with Crippen molar-refractivity contribution in [2.45, 2.75) is 0 Å². The zero-order chi connectivity index (χ0) is 29.5. The van der Waals surface area contributed by atoms with E-state index in [-0.39, 0.29) is 0 Å². The average Bonchev–Trinajstić information content (AvgIpc) is 3.77. The number of benzene rings is 7. The molecular formula is C42H26N2S. The first-order valence-corrected chi connectivity index (χ1v) is 16.2. The summed E-state index contributed by atoms with van der Waals surface area (Å²) in [5, 5.41) is 7.77. The smallest absolute Gasteiger partial charge is 0.0640 e. The van der Waals surface area contributed by atoms with Gasteiger partial charge in [-0.05, 0) is 53.6 Å². The number of para-hydroxylation sites is 3. The van der Waals surface area contributed by atoms with Crippen LogP contribution in [-0.4, -0.2) is 9.13 Å². The quantitative estimate of drug-likeness (QED) is 0.194. The summed E-state index contributed by atoms with van der Waals surface area (Å²) < 4.78 is 7.55. The van der Waals surface area contributed by atoms with E-state index in [9.17, 15) is 0 Å². The molecule has 7 aromatic carbocycles. The molecule has 0 amide bonds. The second-order valence-corrected chi connectivity index (χ2v) is 12.7. The van der Waals surface area contributed by atoms with Crippen LogP contribution in [0.25, 0.3) is 86.3 Å². The molecule has 2 nitrogen and oxygen atoms in total. The summed E-state index contributed by atoms with van der Waals surface area (Å²) >= 11 is 1.91. The molecule has 0 radical (unpaired) electrons. The van der Waals surface area contributed by atoms with Crippen LogP contribution < -0.4 is 0 Å². The Balaban J connectivity index is 1.34. The van der Waals surface area contributed by atoms with Crippen molar-refractivity contribution in [1.82, 2.24) is 9.13 Å². The second-order valence-electron chi connectivity index (χ2n) is 11.7. The maximum atomic E-state index is 2.50. The van der Waals surface area contributed by atoms with Gasteiger partial charge >= 0.3 is 0 Å². The summed E-state index contributed by atoms with van der Waals surface area (Å²) in [5.74, 6) is 0. The minimum Gasteiger partial charge on any atom is -0.309 e. The van der Waals surface area contributed by atoms with Crippen LogP contribution in [0.4, 0.5) is 0 Å². The standard InChI is InChI=1S/C42H26N2S/c1-3-13-27(14-4-1)29-19-11-20-30-31-21-12-24-38(42(31)45-41(29)30)44-35-23-10-8-18-33(35)40-37(44)26-25-36-39(40)32-17-7-9-22-34(32)43(36)28-15-5-2-6-16-28/h1-26H. The first-order valence-electron chi connectivity index (χ1n) is 15.4. The molecule has 0 aliphatic carbocycles. The number of aromatic nitrogens is 2. The molecule has 45 heavy (non-hydrogen) atoms. The summed E-state index contributed by atoms with van der Waals surface area (Å²) in [6.45, 7) is 0. The van der Waals surface area contributed by atoms with Crippen molar-refractivity contribution in [3.05, 3.63) is 158 Å². The predicted molar refractivity (Wildman–Crippen MR) is 193 cm³/mol. The van der Waals surface area contributed by atoms with Crippen LogP contribution >= 0.6 is 11.3 Å². The topological polar surface area (TPSA) is 9.86 Å². The van der Waals surface area contributed by atoms with E-state index in [1.54, 1.807) is 0 Å². The van der Waals surface area contributed by atoms with E-state index in [0.29, 0.717) is 0 Å². The summed E-state index contributed by atoms with van der Waals surface area (Å²) in [7, 11) is 0. The number of hydrogen-bond donors (Lipinski definition) is 0. The highest BCUT2D eigenvalue weighted by Crippen LogP contribution is 2.46. The highest BCUT2D eigenvalue weighted by Gasteiger charge is 2.22. The van der Waals surface area contributed by atoms with Crippen molar-refractivity contribution >= 4 is 75.1 Å². The second kappa shape index (κ2) is 9.43. The van der Waals surface area contributed by atoms with Crippen LogP contribution in [0.3, 0.4) is 0 Å². The fourth-order valence-electron chi connectivity index (χ4n) is 7.46. The fraction of sp³-hybridized carbons (Fsp3) is 0. The molecule has 10 rings (SSSR count). The Bertz CT molecular complexity index is 2740. The van der Waals surface area contributed by atoms with E-state index in [1.165, 1.54) is 86.3 Å². The van der Waals surface area contributed by atoms with Gasteiger partial charge in [0.1, 0.15) is 0 Å². The van der Waals surface area contributed by atoms with Gasteiger partial charge in [0.15, 0.2) is 0 Å². The Labute approximate surface area is 263 Å². The molecule has 0 aliphatic rings. The first kappa shape index (κ1) is 24.8. The third-order valence-corrected chi connectivity index (χ3v) is 10.6. The van der Waals surface area contributed by atoms with Crippen LogP contribution in [-0.2, 0) is 0 Å². The lowest BCUT2D eigenvalue weighted by Gasteiger charge is -2.10. The maximum Gasteiger partial charge on any atom is 0.0640 e. The van der Waals surface area contributed by atoms with E-state index in [0.717, 1.165) is 0 Å². The van der Waals surface area contributed by atoms with Gasteiger partial charge in [0.2, 0.25) is 0 Å². The van der Waals surface area contributed by atoms with Gasteiger partial charge < -0.3 is 9.13 Å². The molecule has 0 saturated heterocycles. The zero-order valence-corrected chi connectivity index (χ0v) is 25.1. The largest absolute Gasteiger partial charge is 0.309 e. The van der Waals surface area contributed by atoms with Gasteiger partial charge in [0, 0.05) is 42.7 Å². The number of fused-ring (bicyclic) bond motifs is 10. The summed E-state index contributed by atoms with van der Waals surface area (Å²) in [6, 6.07) is 57.4. The SMILES string of the molecule is c1ccc(-c2cccc3c2sc2c(-n4c5ccccc5c5c6c7ccccc7n(-c7ccccc7)c6ccc54)cccc23)cc1. The molecule has 0 bridgehead atoms. The summed E-state index contributed by atoms with van der Waals surface area (Å²) in [6.07, 6.45) is 0. The van der Waals surface area contributed by atoms with Gasteiger partial charge in [0.05, 0.1) is 32.5 Å². The van der Waals surface area contributed by atoms with Crippen molar-refractivity contribution in [2.24, 2.45) is 0 Å². The Morgan fingerprint density at radius 2 is 0.889 bits per heavy atom. The van der Waals surface area contributed by atoms with Gasteiger partial charge in [-0.25, -0.2) is 0 Å². The van der Waals surface area contributed by atoms with Gasteiger partial charge in [-0.15, -0.1) is 11.3 Å². The lowest BCUT2D eigenvalue weighted by molar-refractivity contribution is 1.18. The van der Waals surface area contributed by atoms with E-state index in [2.05, 4.69) is 167 Å². The van der Waals surface area contributed by atoms with E-state index < -0.39 is 0 Å². The molecule has 3 aromatic heterocycles. The van der Waals surface area contributed by atoms with Gasteiger partial charge in [-0.1, -0.05) is 115 Å². The van der Waals surface area contributed by atoms with Crippen molar-refractivity contribution in [3.63, 3.8) is 0 Å². The van der Waals surface area contributed by atoms with Crippen molar-refractivity contribution in [3.8, 4) is 22.5 Å². The average molecular weight is 591 g/mol. The summed E-state index contributed by atoms with van der Waals surface area (Å²) in [4.78, 5) is 0. The van der Waals surface area contributed by atoms with Crippen LogP contribution in [0.15, 0.2) is 158 Å². The molecule has 0 aliphatic heterocycles. The Hall–Kier alpha value is -5.64. The Morgan fingerprint density at radius 3 is 1.60 bits per heavy atom. The third kappa shape index (κ3) is 3.44. The monoisotopic (exact) mass is 590 g/mol. The van der Waals surface area contributed by atoms with Gasteiger partial charge in [-0.2, -0.15) is 0 Å². The number of rotatable bonds is 3. The van der Waals surface area contributed by atoms with E-state index in [4.69, 9.17) is 0 Å². The predicted octanol–water partition coefficient (Wildman–Crippen LogP) is 11.9. The molecule has 0 fully saturated rings. The van der Waals surface area contributed by atoms with E-state index in [1.807, 2.05) is 11.3 Å². The minimum absolute atomic E-state index is 1.18. The third-order valence-electron chi connectivity index (χ3n) is 9.32. The van der Waals surface area contributed by atoms with Gasteiger partial charge in [-0.3, -0.25) is 0 Å². The van der Waals surface area contributed by atoms with Crippen LogP contribution in [0.1, 0.15) is 0 Å². The number of nitrogens with zero attached hydrogens (tertiary/aromatic N) is 2. The molecule has 3 heteroatoms. The molecule has 0 unspecified atom stereocenters.